The zero-order valence-corrected chi connectivity index (χ0v) is 12.1. The van der Waals surface area contributed by atoms with E-state index in [9.17, 15) is 9.59 Å². The number of Topliss-reactive ketones (excluding diaryl/α,β-unsaturated/α-hetero) is 1. The Labute approximate surface area is 119 Å². The third kappa shape index (κ3) is 4.61. The van der Waals surface area contributed by atoms with E-state index in [0.29, 0.717) is 26.0 Å². The van der Waals surface area contributed by atoms with Gasteiger partial charge in [0.1, 0.15) is 12.7 Å². The van der Waals surface area contributed by atoms with Crippen molar-refractivity contribution >= 4 is 11.9 Å². The Hall–Kier alpha value is -1.40. The largest absolute Gasteiger partial charge is 0.445 e. The summed E-state index contributed by atoms with van der Waals surface area (Å²) in [6.45, 7) is 8.08. The van der Waals surface area contributed by atoms with Gasteiger partial charge in [-0.05, 0) is 20.3 Å². The molecule has 1 saturated heterocycles. The number of ether oxygens (including phenoxy) is 2. The van der Waals surface area contributed by atoms with Crippen LogP contribution in [0.1, 0.15) is 26.7 Å². The van der Waals surface area contributed by atoms with Crippen molar-refractivity contribution in [1.82, 2.24) is 4.90 Å². The van der Waals surface area contributed by atoms with Crippen molar-refractivity contribution in [2.75, 3.05) is 26.4 Å². The zero-order valence-electron chi connectivity index (χ0n) is 12.1. The van der Waals surface area contributed by atoms with Crippen LogP contribution in [0, 0.1) is 0 Å². The van der Waals surface area contributed by atoms with Gasteiger partial charge in [0.05, 0.1) is 18.7 Å². The third-order valence-electron chi connectivity index (χ3n) is 3.27. The van der Waals surface area contributed by atoms with Crippen molar-refractivity contribution in [3.63, 3.8) is 0 Å². The van der Waals surface area contributed by atoms with E-state index in [4.69, 9.17) is 14.6 Å². The van der Waals surface area contributed by atoms with E-state index in [1.54, 1.807) is 11.8 Å². The Morgan fingerprint density at radius 3 is 2.85 bits per heavy atom. The van der Waals surface area contributed by atoms with Crippen LogP contribution in [0.2, 0.25) is 0 Å². The van der Waals surface area contributed by atoms with E-state index >= 15 is 0 Å². The summed E-state index contributed by atoms with van der Waals surface area (Å²) < 4.78 is 10.4. The summed E-state index contributed by atoms with van der Waals surface area (Å²) in [5, 5.41) is 8.67. The summed E-state index contributed by atoms with van der Waals surface area (Å²) in [6.07, 6.45) is 1.35. The summed E-state index contributed by atoms with van der Waals surface area (Å²) in [4.78, 5) is 24.8. The highest BCUT2D eigenvalue weighted by Crippen LogP contribution is 2.33. The lowest BCUT2D eigenvalue weighted by Gasteiger charge is -2.16. The van der Waals surface area contributed by atoms with Gasteiger partial charge in [-0.15, -0.1) is 0 Å². The molecule has 0 radical (unpaired) electrons. The first-order valence-electron chi connectivity index (χ1n) is 6.75. The lowest BCUT2D eigenvalue weighted by atomic mass is 10.1. The van der Waals surface area contributed by atoms with E-state index in [0.717, 1.165) is 0 Å². The van der Waals surface area contributed by atoms with Crippen molar-refractivity contribution in [3.05, 3.63) is 12.7 Å². The average Bonchev–Trinajstić information content (AvgIpc) is 3.12. The summed E-state index contributed by atoms with van der Waals surface area (Å²) in [6, 6.07) is 0. The van der Waals surface area contributed by atoms with Crippen molar-refractivity contribution in [3.8, 4) is 0 Å². The first kappa shape index (κ1) is 16.7. The lowest BCUT2D eigenvalue weighted by molar-refractivity contribution is -0.130. The van der Waals surface area contributed by atoms with Crippen LogP contribution in [0.4, 0.5) is 4.79 Å². The molecule has 1 N–H and O–H groups in total. The molecule has 0 spiro atoms. The van der Waals surface area contributed by atoms with E-state index in [-0.39, 0.29) is 19.0 Å². The molecular weight excluding hydrogens is 262 g/mol. The topological polar surface area (TPSA) is 75.8 Å². The van der Waals surface area contributed by atoms with Crippen LogP contribution in [0.3, 0.4) is 0 Å². The Bertz CT molecular complexity index is 371. The highest BCUT2D eigenvalue weighted by Gasteiger charge is 2.52. The van der Waals surface area contributed by atoms with Gasteiger partial charge < -0.3 is 14.6 Å². The van der Waals surface area contributed by atoms with E-state index in [1.807, 2.05) is 6.92 Å². The number of rotatable bonds is 9. The molecule has 1 heterocycles. The Morgan fingerprint density at radius 1 is 1.55 bits per heavy atom. The van der Waals surface area contributed by atoms with Crippen LogP contribution in [0.5, 0.6) is 0 Å². The fraction of sp³-hybridized carbons (Fsp3) is 0.714. The number of aliphatic hydroxyl groups is 1. The SMILES string of the molecule is C=CCOC(=O)N1CC1(C)CO[C@H](C)C(=O)CCCO. The van der Waals surface area contributed by atoms with Crippen LogP contribution in [-0.4, -0.2) is 59.9 Å². The lowest BCUT2D eigenvalue weighted by Crippen LogP contribution is -2.30. The second-order valence-electron chi connectivity index (χ2n) is 5.20. The monoisotopic (exact) mass is 285 g/mol. The molecule has 0 bridgehead atoms. The molecule has 1 fully saturated rings. The number of hydrogen-bond acceptors (Lipinski definition) is 5. The summed E-state index contributed by atoms with van der Waals surface area (Å²) in [7, 11) is 0. The van der Waals surface area contributed by atoms with Gasteiger partial charge in [0, 0.05) is 13.0 Å². The van der Waals surface area contributed by atoms with Crippen molar-refractivity contribution < 1.29 is 24.2 Å². The summed E-state index contributed by atoms with van der Waals surface area (Å²) in [5.74, 6) is -0.0379. The van der Waals surface area contributed by atoms with Crippen LogP contribution in [0.15, 0.2) is 12.7 Å². The van der Waals surface area contributed by atoms with E-state index in [1.165, 1.54) is 6.08 Å². The van der Waals surface area contributed by atoms with Gasteiger partial charge in [0.2, 0.25) is 0 Å². The number of aliphatic hydroxyl groups excluding tert-OH is 1. The first-order chi connectivity index (χ1) is 9.44. The molecule has 1 unspecified atom stereocenters. The minimum absolute atomic E-state index is 0.000896. The molecule has 6 heteroatoms. The number of hydrogen-bond donors (Lipinski definition) is 1. The molecule has 2 atom stereocenters. The molecule has 20 heavy (non-hydrogen) atoms. The smallest absolute Gasteiger partial charge is 0.410 e. The fourth-order valence-electron chi connectivity index (χ4n) is 1.78. The summed E-state index contributed by atoms with van der Waals surface area (Å²) in [5.41, 5.74) is -0.399. The van der Waals surface area contributed by atoms with E-state index < -0.39 is 17.7 Å². The highest BCUT2D eigenvalue weighted by molar-refractivity contribution is 5.82. The van der Waals surface area contributed by atoms with Gasteiger partial charge in [-0.3, -0.25) is 9.69 Å². The normalized spacial score (nSPS) is 22.2. The van der Waals surface area contributed by atoms with Gasteiger partial charge in [-0.2, -0.15) is 0 Å². The number of nitrogens with zero attached hydrogens (tertiary/aromatic N) is 1. The van der Waals surface area contributed by atoms with Crippen LogP contribution < -0.4 is 0 Å². The number of amides is 1. The molecule has 0 aromatic carbocycles. The molecule has 1 amide bonds. The van der Waals surface area contributed by atoms with Crippen molar-refractivity contribution in [2.45, 2.75) is 38.3 Å². The van der Waals surface area contributed by atoms with Crippen molar-refractivity contribution in [1.29, 1.82) is 0 Å². The third-order valence-corrected chi connectivity index (χ3v) is 3.27. The first-order valence-corrected chi connectivity index (χ1v) is 6.75. The van der Waals surface area contributed by atoms with Gasteiger partial charge >= 0.3 is 6.09 Å². The maximum absolute atomic E-state index is 11.6. The summed E-state index contributed by atoms with van der Waals surface area (Å²) >= 11 is 0. The molecule has 6 nitrogen and oxygen atoms in total. The quantitative estimate of drug-likeness (QED) is 0.507. The number of ketones is 1. The van der Waals surface area contributed by atoms with Crippen LogP contribution in [-0.2, 0) is 14.3 Å². The standard InChI is InChI=1S/C14H23NO5/c1-4-8-19-13(18)15-9-14(15,3)10-20-11(2)12(17)6-5-7-16/h4,11,16H,1,5-10H2,2-3H3/t11-,14?,15?/m1/s1. The van der Waals surface area contributed by atoms with Gasteiger partial charge in [0.15, 0.2) is 5.78 Å². The van der Waals surface area contributed by atoms with Crippen LogP contribution >= 0.6 is 0 Å². The Morgan fingerprint density at radius 2 is 2.25 bits per heavy atom. The molecule has 0 aromatic rings. The fourth-order valence-corrected chi connectivity index (χ4v) is 1.78. The highest BCUT2D eigenvalue weighted by atomic mass is 16.6. The number of carbonyl (C=O) groups is 2. The second kappa shape index (κ2) is 7.40. The molecule has 0 aliphatic carbocycles. The zero-order chi connectivity index (χ0) is 15.2. The van der Waals surface area contributed by atoms with E-state index in [2.05, 4.69) is 6.58 Å². The van der Waals surface area contributed by atoms with Gasteiger partial charge in [0.25, 0.3) is 0 Å². The number of carbonyl (C=O) groups excluding carboxylic acids is 2. The maximum Gasteiger partial charge on any atom is 0.410 e. The Kier molecular flexibility index (Phi) is 6.16. The molecular formula is C14H23NO5. The minimum atomic E-state index is -0.523. The molecule has 114 valence electrons. The average molecular weight is 285 g/mol. The second-order valence-corrected chi connectivity index (χ2v) is 5.20. The molecule has 0 aromatic heterocycles. The molecule has 1 rings (SSSR count). The van der Waals surface area contributed by atoms with Crippen LogP contribution in [0.25, 0.3) is 0 Å². The predicted molar refractivity (Wildman–Crippen MR) is 73.4 cm³/mol. The van der Waals surface area contributed by atoms with Gasteiger partial charge in [-0.1, -0.05) is 12.7 Å². The maximum atomic E-state index is 11.6. The minimum Gasteiger partial charge on any atom is -0.445 e. The molecule has 0 saturated carbocycles. The van der Waals surface area contributed by atoms with Crippen molar-refractivity contribution in [2.24, 2.45) is 0 Å². The molecule has 1 aliphatic rings. The van der Waals surface area contributed by atoms with Gasteiger partial charge in [-0.25, -0.2) is 4.79 Å². The molecule has 1 aliphatic heterocycles. The predicted octanol–water partition coefficient (Wildman–Crippen LogP) is 1.13. The Balaban J connectivity index is 2.30.